The summed E-state index contributed by atoms with van der Waals surface area (Å²) in [5.74, 6) is 2.62. The smallest absolute Gasteiger partial charge is 0.134 e. The number of aliphatic imine (C=N–C) groups is 1. The van der Waals surface area contributed by atoms with Crippen molar-refractivity contribution in [1.82, 2.24) is 4.90 Å². The molecule has 2 atom stereocenters. The lowest BCUT2D eigenvalue weighted by molar-refractivity contribution is 0.275. The molecule has 2 aromatic carbocycles. The molecule has 0 aromatic heterocycles. The number of rotatable bonds is 2. The van der Waals surface area contributed by atoms with E-state index in [1.54, 1.807) is 7.11 Å². The summed E-state index contributed by atoms with van der Waals surface area (Å²) in [4.78, 5) is 10.0. The van der Waals surface area contributed by atoms with Gasteiger partial charge in [-0.25, -0.2) is 0 Å². The second-order valence-corrected chi connectivity index (χ2v) is 7.04. The third-order valence-corrected chi connectivity index (χ3v) is 5.77. The quantitative estimate of drug-likeness (QED) is 0.842. The summed E-state index contributed by atoms with van der Waals surface area (Å²) in [5, 5.41) is 0. The Hall–Kier alpha value is -2.49. The van der Waals surface area contributed by atoms with E-state index in [2.05, 4.69) is 58.3 Å². The van der Waals surface area contributed by atoms with Gasteiger partial charge in [-0.15, -0.1) is 0 Å². The van der Waals surface area contributed by atoms with Crippen molar-refractivity contribution in [1.29, 1.82) is 0 Å². The van der Waals surface area contributed by atoms with Crippen LogP contribution in [0.5, 0.6) is 5.75 Å². The van der Waals surface area contributed by atoms with E-state index in [4.69, 9.17) is 9.73 Å². The number of anilines is 1. The topological polar surface area (TPSA) is 28.1 Å². The predicted octanol–water partition coefficient (Wildman–Crippen LogP) is 3.48. The predicted molar refractivity (Wildman–Crippen MR) is 101 cm³/mol. The van der Waals surface area contributed by atoms with Crippen LogP contribution >= 0.6 is 0 Å². The minimum absolute atomic E-state index is 0.377. The van der Waals surface area contributed by atoms with E-state index >= 15 is 0 Å². The SMILES string of the molecule is COc1ccc(C2CCN3c4ccccc4C4=NCCCN4C23)cc1. The van der Waals surface area contributed by atoms with Gasteiger partial charge < -0.3 is 14.5 Å². The van der Waals surface area contributed by atoms with E-state index in [0.717, 1.165) is 31.8 Å². The van der Waals surface area contributed by atoms with Crippen molar-refractivity contribution < 1.29 is 4.74 Å². The van der Waals surface area contributed by atoms with Gasteiger partial charge in [0.25, 0.3) is 0 Å². The average Bonchev–Trinajstić information content (AvgIpc) is 3.14. The van der Waals surface area contributed by atoms with Crippen LogP contribution in [0.2, 0.25) is 0 Å². The van der Waals surface area contributed by atoms with Crippen molar-refractivity contribution in [2.45, 2.75) is 24.9 Å². The number of nitrogens with zero attached hydrogens (tertiary/aromatic N) is 3. The first-order valence-electron chi connectivity index (χ1n) is 9.18. The summed E-state index contributed by atoms with van der Waals surface area (Å²) in [7, 11) is 1.72. The fourth-order valence-electron chi connectivity index (χ4n) is 4.65. The molecule has 3 aliphatic heterocycles. The summed E-state index contributed by atoms with van der Waals surface area (Å²) in [6.07, 6.45) is 2.70. The highest BCUT2D eigenvalue weighted by Crippen LogP contribution is 2.44. The maximum Gasteiger partial charge on any atom is 0.134 e. The Balaban J connectivity index is 1.58. The molecule has 2 unspecified atom stereocenters. The third kappa shape index (κ3) is 2.24. The Morgan fingerprint density at radius 2 is 1.84 bits per heavy atom. The molecule has 4 heteroatoms. The monoisotopic (exact) mass is 333 g/mol. The number of benzene rings is 2. The molecule has 1 fully saturated rings. The van der Waals surface area contributed by atoms with Crippen molar-refractivity contribution in [2.24, 2.45) is 4.99 Å². The number of hydrogen-bond acceptors (Lipinski definition) is 4. The van der Waals surface area contributed by atoms with Crippen molar-refractivity contribution in [2.75, 3.05) is 31.6 Å². The van der Waals surface area contributed by atoms with E-state index in [0.29, 0.717) is 12.1 Å². The minimum atomic E-state index is 0.377. The zero-order valence-electron chi connectivity index (χ0n) is 14.6. The lowest BCUT2D eigenvalue weighted by atomic mass is 9.92. The van der Waals surface area contributed by atoms with Crippen molar-refractivity contribution >= 4 is 11.5 Å². The van der Waals surface area contributed by atoms with Crippen LogP contribution in [0.4, 0.5) is 5.69 Å². The molecule has 0 amide bonds. The third-order valence-electron chi connectivity index (χ3n) is 5.77. The van der Waals surface area contributed by atoms with Gasteiger partial charge in [-0.05, 0) is 42.7 Å². The molecule has 0 spiro atoms. The second kappa shape index (κ2) is 5.80. The number of methoxy groups -OCH3 is 1. The minimum Gasteiger partial charge on any atom is -0.497 e. The molecule has 0 bridgehead atoms. The van der Waals surface area contributed by atoms with Crippen LogP contribution in [0, 0.1) is 0 Å². The molecule has 0 radical (unpaired) electrons. The average molecular weight is 333 g/mol. The van der Waals surface area contributed by atoms with Gasteiger partial charge in [0.15, 0.2) is 0 Å². The van der Waals surface area contributed by atoms with E-state index in [-0.39, 0.29) is 0 Å². The normalized spacial score (nSPS) is 24.3. The largest absolute Gasteiger partial charge is 0.497 e. The first-order chi connectivity index (χ1) is 12.4. The highest BCUT2D eigenvalue weighted by atomic mass is 16.5. The zero-order valence-corrected chi connectivity index (χ0v) is 14.6. The van der Waals surface area contributed by atoms with E-state index < -0.39 is 0 Å². The Morgan fingerprint density at radius 3 is 2.68 bits per heavy atom. The highest BCUT2D eigenvalue weighted by molar-refractivity contribution is 6.06. The molecule has 3 aliphatic rings. The first-order valence-corrected chi connectivity index (χ1v) is 9.18. The van der Waals surface area contributed by atoms with Gasteiger partial charge in [-0.3, -0.25) is 4.99 Å². The van der Waals surface area contributed by atoms with Crippen LogP contribution < -0.4 is 9.64 Å². The van der Waals surface area contributed by atoms with Gasteiger partial charge in [0.1, 0.15) is 17.8 Å². The van der Waals surface area contributed by atoms with Gasteiger partial charge in [0.05, 0.1) is 7.11 Å². The van der Waals surface area contributed by atoms with Crippen LogP contribution in [-0.2, 0) is 0 Å². The zero-order chi connectivity index (χ0) is 16.8. The summed E-state index contributed by atoms with van der Waals surface area (Å²) in [6, 6.07) is 17.4. The molecule has 0 aliphatic carbocycles. The molecule has 128 valence electrons. The molecule has 25 heavy (non-hydrogen) atoms. The molecule has 5 rings (SSSR count). The Labute approximate surface area is 148 Å². The van der Waals surface area contributed by atoms with Gasteiger partial charge in [0, 0.05) is 36.8 Å². The van der Waals surface area contributed by atoms with Crippen molar-refractivity contribution in [3.8, 4) is 5.75 Å². The molecule has 0 N–H and O–H groups in total. The summed E-state index contributed by atoms with van der Waals surface area (Å²) in [6.45, 7) is 3.14. The Kier molecular flexibility index (Phi) is 3.44. The fraction of sp³-hybridized carbons (Fsp3) is 0.381. The molecular formula is C21H23N3O. The summed E-state index contributed by atoms with van der Waals surface area (Å²) >= 11 is 0. The number of ether oxygens (including phenoxy) is 1. The number of amidine groups is 1. The molecular weight excluding hydrogens is 310 g/mol. The van der Waals surface area contributed by atoms with Crippen LogP contribution in [0.15, 0.2) is 53.5 Å². The van der Waals surface area contributed by atoms with Crippen LogP contribution in [0.1, 0.15) is 29.9 Å². The van der Waals surface area contributed by atoms with Gasteiger partial charge in [-0.2, -0.15) is 0 Å². The summed E-state index contributed by atoms with van der Waals surface area (Å²) in [5.41, 5.74) is 4.05. The number of fused-ring (bicyclic) bond motifs is 6. The lowest BCUT2D eigenvalue weighted by Crippen LogP contribution is -2.56. The maximum absolute atomic E-state index is 5.33. The van der Waals surface area contributed by atoms with E-state index in [9.17, 15) is 0 Å². The molecule has 0 saturated carbocycles. The van der Waals surface area contributed by atoms with Gasteiger partial charge in [-0.1, -0.05) is 24.3 Å². The van der Waals surface area contributed by atoms with Crippen LogP contribution in [-0.4, -0.2) is 43.6 Å². The number of hydrogen-bond donors (Lipinski definition) is 0. The first kappa shape index (κ1) is 14.8. The van der Waals surface area contributed by atoms with Crippen molar-refractivity contribution in [3.63, 3.8) is 0 Å². The van der Waals surface area contributed by atoms with Gasteiger partial charge in [0.2, 0.25) is 0 Å². The molecule has 4 nitrogen and oxygen atoms in total. The van der Waals surface area contributed by atoms with E-state index in [1.165, 1.54) is 29.1 Å². The lowest BCUT2D eigenvalue weighted by Gasteiger charge is -2.47. The molecule has 3 heterocycles. The molecule has 2 aromatic rings. The summed E-state index contributed by atoms with van der Waals surface area (Å²) < 4.78 is 5.33. The Morgan fingerprint density at radius 1 is 1.00 bits per heavy atom. The fourth-order valence-corrected chi connectivity index (χ4v) is 4.65. The Bertz CT molecular complexity index is 814. The maximum atomic E-state index is 5.33. The van der Waals surface area contributed by atoms with Crippen LogP contribution in [0.25, 0.3) is 0 Å². The number of para-hydroxylation sites is 1. The standard InChI is InChI=1S/C21H23N3O/c1-25-16-9-7-15(8-10-16)17-11-14-23-19-6-3-2-5-18(19)20-22-12-4-13-24(20)21(17)23/h2-3,5-10,17,21H,4,11-14H2,1H3. The molecule has 1 saturated heterocycles. The van der Waals surface area contributed by atoms with Crippen LogP contribution in [0.3, 0.4) is 0 Å². The van der Waals surface area contributed by atoms with E-state index in [1.807, 2.05) is 0 Å². The second-order valence-electron chi connectivity index (χ2n) is 7.04. The van der Waals surface area contributed by atoms with Gasteiger partial charge >= 0.3 is 0 Å². The highest BCUT2D eigenvalue weighted by Gasteiger charge is 2.45. The van der Waals surface area contributed by atoms with Crippen molar-refractivity contribution in [3.05, 3.63) is 59.7 Å².